The average Bonchev–Trinajstić information content (AvgIpc) is 3.49. The highest BCUT2D eigenvalue weighted by molar-refractivity contribution is 5.65. The van der Waals surface area contributed by atoms with Crippen molar-refractivity contribution in [3.63, 3.8) is 0 Å². The zero-order valence-corrected chi connectivity index (χ0v) is 17.5. The number of rotatable bonds is 8. The summed E-state index contributed by atoms with van der Waals surface area (Å²) in [7, 11) is 1.66. The molecule has 0 aliphatic rings. The number of hydrogen-bond donors (Lipinski definition) is 1. The first-order chi connectivity index (χ1) is 15.8. The van der Waals surface area contributed by atoms with Crippen molar-refractivity contribution in [1.29, 1.82) is 0 Å². The molecule has 0 saturated carbocycles. The quantitative estimate of drug-likeness (QED) is 0.396. The second-order valence-corrected chi connectivity index (χ2v) is 7.14. The maximum Gasteiger partial charge on any atom is 0.247 e. The molecule has 0 radical (unpaired) electrons. The first-order valence-corrected chi connectivity index (χ1v) is 10.2. The molecule has 5 aromatic rings. The van der Waals surface area contributed by atoms with Crippen molar-refractivity contribution in [3.8, 4) is 22.8 Å². The van der Waals surface area contributed by atoms with Crippen molar-refractivity contribution in [2.45, 2.75) is 6.54 Å². The highest BCUT2D eigenvalue weighted by atomic mass is 16.5. The highest BCUT2D eigenvalue weighted by Gasteiger charge is 2.09. The second-order valence-electron chi connectivity index (χ2n) is 7.14. The van der Waals surface area contributed by atoms with Crippen molar-refractivity contribution in [3.05, 3.63) is 85.5 Å². The van der Waals surface area contributed by atoms with E-state index in [0.717, 1.165) is 40.6 Å². The first kappa shape index (κ1) is 19.6. The van der Waals surface area contributed by atoms with Crippen LogP contribution in [0.25, 0.3) is 16.9 Å². The SMILES string of the molecule is COc1ccc(-c2cccc3nc(Nc4ccc(OCCn5ccnc5)cc4)nn23)cc1. The van der Waals surface area contributed by atoms with Gasteiger partial charge in [0.25, 0.3) is 0 Å². The molecule has 32 heavy (non-hydrogen) atoms. The van der Waals surface area contributed by atoms with Gasteiger partial charge in [0.2, 0.25) is 5.95 Å². The molecule has 0 unspecified atom stereocenters. The summed E-state index contributed by atoms with van der Waals surface area (Å²) in [5, 5.41) is 7.92. The van der Waals surface area contributed by atoms with E-state index in [-0.39, 0.29) is 0 Å². The van der Waals surface area contributed by atoms with Gasteiger partial charge in [0.15, 0.2) is 5.65 Å². The Kier molecular flexibility index (Phi) is 5.40. The van der Waals surface area contributed by atoms with E-state index in [1.165, 1.54) is 0 Å². The van der Waals surface area contributed by atoms with E-state index in [9.17, 15) is 0 Å². The van der Waals surface area contributed by atoms with Gasteiger partial charge in [-0.15, -0.1) is 5.10 Å². The van der Waals surface area contributed by atoms with Crippen LogP contribution in [0.5, 0.6) is 11.5 Å². The molecule has 2 aromatic carbocycles. The fourth-order valence-corrected chi connectivity index (χ4v) is 3.39. The number of fused-ring (bicyclic) bond motifs is 1. The Morgan fingerprint density at radius 2 is 1.75 bits per heavy atom. The molecular formula is C24H22N6O2. The van der Waals surface area contributed by atoms with Gasteiger partial charge < -0.3 is 19.4 Å². The summed E-state index contributed by atoms with van der Waals surface area (Å²) in [5.74, 6) is 2.15. The van der Waals surface area contributed by atoms with Gasteiger partial charge in [0.1, 0.15) is 18.1 Å². The van der Waals surface area contributed by atoms with E-state index < -0.39 is 0 Å². The van der Waals surface area contributed by atoms with Crippen LogP contribution in [-0.2, 0) is 6.54 Å². The average molecular weight is 426 g/mol. The predicted molar refractivity (Wildman–Crippen MR) is 122 cm³/mol. The largest absolute Gasteiger partial charge is 0.497 e. The number of anilines is 2. The van der Waals surface area contributed by atoms with Crippen molar-refractivity contribution >= 4 is 17.3 Å². The van der Waals surface area contributed by atoms with Crippen LogP contribution < -0.4 is 14.8 Å². The van der Waals surface area contributed by atoms with E-state index >= 15 is 0 Å². The molecule has 0 bridgehead atoms. The Morgan fingerprint density at radius 3 is 2.50 bits per heavy atom. The highest BCUT2D eigenvalue weighted by Crippen LogP contribution is 2.24. The Bertz CT molecular complexity index is 1300. The Labute approximate surface area is 185 Å². The molecular weight excluding hydrogens is 404 g/mol. The van der Waals surface area contributed by atoms with Crippen molar-refractivity contribution < 1.29 is 9.47 Å². The minimum atomic E-state index is 0.528. The lowest BCUT2D eigenvalue weighted by Crippen LogP contribution is -2.06. The number of nitrogens with one attached hydrogen (secondary N) is 1. The molecule has 0 amide bonds. The molecule has 0 saturated heterocycles. The molecule has 0 aliphatic carbocycles. The van der Waals surface area contributed by atoms with Crippen LogP contribution in [-0.4, -0.2) is 37.9 Å². The number of nitrogens with zero attached hydrogens (tertiary/aromatic N) is 5. The molecule has 0 atom stereocenters. The summed E-state index contributed by atoms with van der Waals surface area (Å²) in [6.45, 7) is 1.33. The maximum absolute atomic E-state index is 5.79. The zero-order chi connectivity index (χ0) is 21.8. The fourth-order valence-electron chi connectivity index (χ4n) is 3.39. The number of aromatic nitrogens is 5. The van der Waals surface area contributed by atoms with E-state index in [0.29, 0.717) is 12.6 Å². The number of ether oxygens (including phenoxy) is 2. The molecule has 8 heteroatoms. The van der Waals surface area contributed by atoms with Crippen LogP contribution in [0.1, 0.15) is 0 Å². The lowest BCUT2D eigenvalue weighted by molar-refractivity contribution is 0.298. The molecule has 0 aliphatic heterocycles. The number of benzene rings is 2. The normalized spacial score (nSPS) is 10.9. The lowest BCUT2D eigenvalue weighted by Gasteiger charge is -2.08. The topological polar surface area (TPSA) is 78.5 Å². The summed E-state index contributed by atoms with van der Waals surface area (Å²) in [6, 6.07) is 21.6. The smallest absolute Gasteiger partial charge is 0.247 e. The van der Waals surface area contributed by atoms with Gasteiger partial charge in [-0.1, -0.05) is 6.07 Å². The third-order valence-corrected chi connectivity index (χ3v) is 5.03. The number of hydrogen-bond acceptors (Lipinski definition) is 6. The van der Waals surface area contributed by atoms with Crippen LogP contribution >= 0.6 is 0 Å². The zero-order valence-electron chi connectivity index (χ0n) is 17.5. The molecule has 160 valence electrons. The van der Waals surface area contributed by atoms with Gasteiger partial charge in [0, 0.05) is 23.6 Å². The molecule has 3 aromatic heterocycles. The third kappa shape index (κ3) is 4.24. The Hall–Kier alpha value is -4.33. The van der Waals surface area contributed by atoms with Gasteiger partial charge in [-0.05, 0) is 60.7 Å². The monoisotopic (exact) mass is 426 g/mol. The third-order valence-electron chi connectivity index (χ3n) is 5.03. The van der Waals surface area contributed by atoms with Crippen LogP contribution in [0.4, 0.5) is 11.6 Å². The fraction of sp³-hybridized carbons (Fsp3) is 0.125. The second kappa shape index (κ2) is 8.81. The number of pyridine rings is 1. The minimum absolute atomic E-state index is 0.528. The summed E-state index contributed by atoms with van der Waals surface area (Å²) in [5.41, 5.74) is 3.63. The standard InChI is InChI=1S/C24H22N6O2/c1-31-20-9-5-18(6-10-20)22-3-2-4-23-27-24(28-30(22)23)26-19-7-11-21(12-8-19)32-16-15-29-14-13-25-17-29/h2-14,17H,15-16H2,1H3,(H,26,28). The van der Waals surface area contributed by atoms with Gasteiger partial charge in [-0.25, -0.2) is 9.50 Å². The van der Waals surface area contributed by atoms with Gasteiger partial charge >= 0.3 is 0 Å². The van der Waals surface area contributed by atoms with Gasteiger partial charge in [-0.3, -0.25) is 0 Å². The number of methoxy groups -OCH3 is 1. The summed E-state index contributed by atoms with van der Waals surface area (Å²) >= 11 is 0. The van der Waals surface area contributed by atoms with Gasteiger partial charge in [-0.2, -0.15) is 4.98 Å². The molecule has 0 spiro atoms. The van der Waals surface area contributed by atoms with E-state index in [1.807, 2.05) is 82.0 Å². The van der Waals surface area contributed by atoms with Crippen LogP contribution in [0.15, 0.2) is 85.5 Å². The van der Waals surface area contributed by atoms with Crippen LogP contribution in [0, 0.1) is 0 Å². The van der Waals surface area contributed by atoms with Gasteiger partial charge in [0.05, 0.1) is 25.7 Å². The van der Waals surface area contributed by atoms with E-state index in [1.54, 1.807) is 19.6 Å². The predicted octanol–water partition coefficient (Wildman–Crippen LogP) is 4.42. The van der Waals surface area contributed by atoms with Crippen LogP contribution in [0.3, 0.4) is 0 Å². The molecule has 0 fully saturated rings. The Balaban J connectivity index is 1.28. The van der Waals surface area contributed by atoms with Crippen molar-refractivity contribution in [1.82, 2.24) is 24.1 Å². The number of imidazole rings is 1. The molecule has 1 N–H and O–H groups in total. The molecule has 8 nitrogen and oxygen atoms in total. The first-order valence-electron chi connectivity index (χ1n) is 10.2. The van der Waals surface area contributed by atoms with E-state index in [4.69, 9.17) is 9.47 Å². The van der Waals surface area contributed by atoms with E-state index in [2.05, 4.69) is 20.4 Å². The van der Waals surface area contributed by atoms with Crippen molar-refractivity contribution in [2.75, 3.05) is 19.0 Å². The maximum atomic E-state index is 5.79. The molecule has 3 heterocycles. The minimum Gasteiger partial charge on any atom is -0.497 e. The van der Waals surface area contributed by atoms with Crippen molar-refractivity contribution in [2.24, 2.45) is 0 Å². The van der Waals surface area contributed by atoms with Crippen LogP contribution in [0.2, 0.25) is 0 Å². The lowest BCUT2D eigenvalue weighted by atomic mass is 10.1. The summed E-state index contributed by atoms with van der Waals surface area (Å²) < 4.78 is 14.9. The molecule has 5 rings (SSSR count). The summed E-state index contributed by atoms with van der Waals surface area (Å²) in [4.78, 5) is 8.63. The Morgan fingerprint density at radius 1 is 0.938 bits per heavy atom. The summed E-state index contributed by atoms with van der Waals surface area (Å²) in [6.07, 6.45) is 5.45.